The molecule has 0 bridgehead atoms. The molecule has 0 aromatic heterocycles. The Morgan fingerprint density at radius 3 is 2.20 bits per heavy atom. The number of nitrogens with one attached hydrogen (secondary N) is 1. The first kappa shape index (κ1) is 7.93. The first-order valence-corrected chi connectivity index (χ1v) is 4.52. The monoisotopic (exact) mass is 166 g/mol. The van der Waals surface area contributed by atoms with Gasteiger partial charge in [-0.3, -0.25) is 4.55 Å². The van der Waals surface area contributed by atoms with Crippen LogP contribution in [0.2, 0.25) is 0 Å². The zero-order chi connectivity index (χ0) is 7.61. The van der Waals surface area contributed by atoms with E-state index in [-0.39, 0.29) is 0 Å². The van der Waals surface area contributed by atoms with E-state index in [2.05, 4.69) is 0 Å². The van der Waals surface area contributed by atoms with Gasteiger partial charge in [-0.15, -0.1) is 4.83 Å². The summed E-state index contributed by atoms with van der Waals surface area (Å²) in [4.78, 5) is 1.98. The van der Waals surface area contributed by atoms with Crippen LogP contribution in [-0.4, -0.2) is 31.1 Å². The van der Waals surface area contributed by atoms with Crippen LogP contribution in [0.5, 0.6) is 0 Å². The molecule has 5 nitrogen and oxygen atoms in total. The average Bonchev–Trinajstić information content (AvgIpc) is 2.12. The van der Waals surface area contributed by atoms with E-state index >= 15 is 0 Å². The number of hydrogen-bond acceptors (Lipinski definition) is 3. The molecule has 1 saturated heterocycles. The van der Waals surface area contributed by atoms with Gasteiger partial charge in [-0.2, -0.15) is 8.42 Å². The lowest BCUT2D eigenvalue weighted by atomic mass is 10.4. The molecule has 0 spiro atoms. The van der Waals surface area contributed by atoms with Gasteiger partial charge in [0.05, 0.1) is 0 Å². The third-order valence-electron chi connectivity index (χ3n) is 1.35. The minimum absolute atomic E-state index is 0.680. The van der Waals surface area contributed by atoms with Gasteiger partial charge in [0.15, 0.2) is 0 Å². The third kappa shape index (κ3) is 2.61. The van der Waals surface area contributed by atoms with Crippen LogP contribution in [0, 0.1) is 0 Å². The standard InChI is InChI=1S/C4H10N2O3S/c7-10(8,9)5-6-3-1-2-4-6/h5H,1-4H2,(H,7,8,9). The number of rotatable bonds is 2. The zero-order valence-electron chi connectivity index (χ0n) is 5.45. The van der Waals surface area contributed by atoms with Crippen LogP contribution < -0.4 is 4.83 Å². The van der Waals surface area contributed by atoms with E-state index < -0.39 is 10.3 Å². The molecule has 1 aliphatic rings. The maximum atomic E-state index is 10.2. The fourth-order valence-electron chi connectivity index (χ4n) is 0.972. The fraction of sp³-hybridized carbons (Fsp3) is 1.00. The van der Waals surface area contributed by atoms with Gasteiger partial charge >= 0.3 is 10.3 Å². The second kappa shape index (κ2) is 2.83. The van der Waals surface area contributed by atoms with Crippen molar-refractivity contribution >= 4 is 10.3 Å². The van der Waals surface area contributed by atoms with Crippen molar-refractivity contribution in [2.45, 2.75) is 12.8 Å². The first-order valence-electron chi connectivity index (χ1n) is 3.08. The average molecular weight is 166 g/mol. The summed E-state index contributed by atoms with van der Waals surface area (Å²) in [6.45, 7) is 1.36. The Morgan fingerprint density at radius 2 is 1.80 bits per heavy atom. The fourth-order valence-corrected chi connectivity index (χ4v) is 1.48. The second-order valence-electron chi connectivity index (χ2n) is 2.26. The predicted molar refractivity (Wildman–Crippen MR) is 35.5 cm³/mol. The lowest BCUT2D eigenvalue weighted by Crippen LogP contribution is -2.39. The normalized spacial score (nSPS) is 21.7. The van der Waals surface area contributed by atoms with E-state index in [4.69, 9.17) is 4.55 Å². The smallest absolute Gasteiger partial charge is 0.273 e. The molecule has 0 aliphatic carbocycles. The Balaban J connectivity index is 2.38. The molecule has 0 saturated carbocycles. The van der Waals surface area contributed by atoms with Crippen LogP contribution >= 0.6 is 0 Å². The Morgan fingerprint density at radius 1 is 1.30 bits per heavy atom. The third-order valence-corrected chi connectivity index (χ3v) is 1.84. The van der Waals surface area contributed by atoms with Gasteiger partial charge in [0, 0.05) is 13.1 Å². The zero-order valence-corrected chi connectivity index (χ0v) is 6.26. The molecule has 6 heteroatoms. The van der Waals surface area contributed by atoms with E-state index in [1.54, 1.807) is 0 Å². The molecule has 10 heavy (non-hydrogen) atoms. The molecular weight excluding hydrogens is 156 g/mol. The summed E-state index contributed by atoms with van der Waals surface area (Å²) in [5.74, 6) is 0. The Labute approximate surface area is 59.9 Å². The van der Waals surface area contributed by atoms with Crippen LogP contribution in [0.3, 0.4) is 0 Å². The molecule has 0 aromatic carbocycles. The highest BCUT2D eigenvalue weighted by atomic mass is 32.2. The summed E-state index contributed by atoms with van der Waals surface area (Å²) in [6, 6.07) is 0. The SMILES string of the molecule is O=S(=O)(O)NN1CCCC1. The Hall–Kier alpha value is -0.170. The summed E-state index contributed by atoms with van der Waals surface area (Å²) < 4.78 is 28.7. The molecule has 0 amide bonds. The van der Waals surface area contributed by atoms with E-state index in [1.807, 2.05) is 4.83 Å². The van der Waals surface area contributed by atoms with Crippen LogP contribution in [0.15, 0.2) is 0 Å². The lowest BCUT2D eigenvalue weighted by Gasteiger charge is -2.12. The van der Waals surface area contributed by atoms with Crippen molar-refractivity contribution in [2.24, 2.45) is 0 Å². The van der Waals surface area contributed by atoms with Crippen LogP contribution in [0.4, 0.5) is 0 Å². The van der Waals surface area contributed by atoms with Crippen LogP contribution in [0.1, 0.15) is 12.8 Å². The predicted octanol–water partition coefficient (Wildman–Crippen LogP) is -0.610. The maximum absolute atomic E-state index is 10.2. The molecule has 0 atom stereocenters. The van der Waals surface area contributed by atoms with Gasteiger partial charge in [-0.1, -0.05) is 0 Å². The van der Waals surface area contributed by atoms with E-state index in [0.717, 1.165) is 12.8 Å². The van der Waals surface area contributed by atoms with Gasteiger partial charge in [-0.05, 0) is 12.8 Å². The first-order chi connectivity index (χ1) is 4.58. The summed E-state index contributed by atoms with van der Waals surface area (Å²) in [5.41, 5.74) is 0. The van der Waals surface area contributed by atoms with Gasteiger partial charge in [0.25, 0.3) is 0 Å². The highest BCUT2D eigenvalue weighted by Gasteiger charge is 2.15. The Bertz CT molecular complexity index is 195. The second-order valence-corrected chi connectivity index (χ2v) is 3.39. The van der Waals surface area contributed by atoms with Gasteiger partial charge in [0.2, 0.25) is 0 Å². The van der Waals surface area contributed by atoms with Crippen molar-refractivity contribution in [3.63, 3.8) is 0 Å². The lowest BCUT2D eigenvalue weighted by molar-refractivity contribution is 0.283. The minimum Gasteiger partial charge on any atom is -0.273 e. The van der Waals surface area contributed by atoms with Crippen molar-refractivity contribution in [3.05, 3.63) is 0 Å². The summed E-state index contributed by atoms with van der Waals surface area (Å²) in [5, 5.41) is 1.48. The van der Waals surface area contributed by atoms with Crippen molar-refractivity contribution < 1.29 is 13.0 Å². The Kier molecular flexibility index (Phi) is 2.24. The van der Waals surface area contributed by atoms with Gasteiger partial charge < -0.3 is 0 Å². The number of hydrazine groups is 1. The molecule has 60 valence electrons. The van der Waals surface area contributed by atoms with E-state index in [1.165, 1.54) is 5.01 Å². The molecule has 1 fully saturated rings. The maximum Gasteiger partial charge on any atom is 0.346 e. The summed E-state index contributed by atoms with van der Waals surface area (Å²) in [7, 11) is -4.03. The molecule has 2 N–H and O–H groups in total. The minimum atomic E-state index is -4.03. The molecule has 1 aliphatic heterocycles. The highest BCUT2D eigenvalue weighted by Crippen LogP contribution is 2.03. The van der Waals surface area contributed by atoms with Crippen LogP contribution in [-0.2, 0) is 10.3 Å². The molecule has 1 heterocycles. The molecule has 1 rings (SSSR count). The van der Waals surface area contributed by atoms with Crippen LogP contribution in [0.25, 0.3) is 0 Å². The highest BCUT2D eigenvalue weighted by molar-refractivity contribution is 7.83. The van der Waals surface area contributed by atoms with Gasteiger partial charge in [-0.25, -0.2) is 5.01 Å². The van der Waals surface area contributed by atoms with E-state index in [9.17, 15) is 8.42 Å². The van der Waals surface area contributed by atoms with Crippen molar-refractivity contribution in [2.75, 3.05) is 13.1 Å². The molecule has 0 radical (unpaired) electrons. The quantitative estimate of drug-likeness (QED) is 0.537. The van der Waals surface area contributed by atoms with E-state index in [0.29, 0.717) is 13.1 Å². The topological polar surface area (TPSA) is 69.6 Å². The molecule has 0 aromatic rings. The van der Waals surface area contributed by atoms with Crippen molar-refractivity contribution in [1.29, 1.82) is 0 Å². The summed E-state index contributed by atoms with van der Waals surface area (Å²) in [6.07, 6.45) is 1.95. The number of hydrogen-bond donors (Lipinski definition) is 2. The largest absolute Gasteiger partial charge is 0.346 e. The molecular formula is C4H10N2O3S. The van der Waals surface area contributed by atoms with Crippen molar-refractivity contribution in [3.8, 4) is 0 Å². The molecule has 0 unspecified atom stereocenters. The summed E-state index contributed by atoms with van der Waals surface area (Å²) >= 11 is 0. The van der Waals surface area contributed by atoms with Crippen molar-refractivity contribution in [1.82, 2.24) is 9.84 Å². The number of nitrogens with zero attached hydrogens (tertiary/aromatic N) is 1. The van der Waals surface area contributed by atoms with Gasteiger partial charge in [0.1, 0.15) is 0 Å².